The van der Waals surface area contributed by atoms with Crippen LogP contribution in [0.1, 0.15) is 6.92 Å². The Morgan fingerprint density at radius 3 is 1.57 bits per heavy atom. The fourth-order valence-electron chi connectivity index (χ4n) is 0. The number of hydrogen-bond acceptors (Lipinski definition) is 2. The van der Waals surface area contributed by atoms with E-state index in [9.17, 15) is 0 Å². The fourth-order valence-corrected chi connectivity index (χ4v) is 0. The van der Waals surface area contributed by atoms with Crippen molar-refractivity contribution in [2.75, 3.05) is 0 Å². The monoisotopic (exact) mass is 220 g/mol. The van der Waals surface area contributed by atoms with Crippen LogP contribution in [0.3, 0.4) is 0 Å². The van der Waals surface area contributed by atoms with Crippen molar-refractivity contribution in [1.82, 2.24) is 0 Å². The summed E-state index contributed by atoms with van der Waals surface area (Å²) >= 11 is 0. The topological polar surface area (TPSA) is 40.1 Å². The summed E-state index contributed by atoms with van der Waals surface area (Å²) in [4.78, 5) is 8.89. The van der Waals surface area contributed by atoms with E-state index in [1.54, 1.807) is 0 Å². The van der Waals surface area contributed by atoms with Crippen LogP contribution in [0.5, 0.6) is 0 Å². The molecular formula is C2H3ClCu2O2+. The number of carbonyl (C=O) groups excluding carboxylic acids is 1. The Labute approximate surface area is 69.4 Å². The van der Waals surface area contributed by atoms with Crippen LogP contribution in [0, 0.1) is 0 Å². The Hall–Kier alpha value is 0.799. The molecule has 51 valence electrons. The molecule has 0 saturated carbocycles. The fraction of sp³-hybridized carbons (Fsp3) is 0.500. The summed E-state index contributed by atoms with van der Waals surface area (Å²) in [5.74, 6) is -1.08. The molecule has 0 fully saturated rings. The first-order chi connectivity index (χ1) is 1.73. The van der Waals surface area contributed by atoms with Crippen molar-refractivity contribution in [3.8, 4) is 0 Å². The summed E-state index contributed by atoms with van der Waals surface area (Å²) in [6.07, 6.45) is 0. The second-order valence-electron chi connectivity index (χ2n) is 0.492. The molecule has 0 amide bonds. The molecule has 0 unspecified atom stereocenters. The Balaban J connectivity index is -0.0000000150. The average Bonchev–Trinajstić information content (AvgIpc) is 0.811. The van der Waals surface area contributed by atoms with Crippen LogP contribution >= 0.6 is 0 Å². The van der Waals surface area contributed by atoms with Crippen molar-refractivity contribution >= 4 is 5.97 Å². The van der Waals surface area contributed by atoms with Crippen LogP contribution in [0.4, 0.5) is 0 Å². The molecule has 0 saturated heterocycles. The number of halogens is 1. The van der Waals surface area contributed by atoms with Gasteiger partial charge in [0.1, 0.15) is 0 Å². The first-order valence-electron chi connectivity index (χ1n) is 0.908. The van der Waals surface area contributed by atoms with Crippen LogP contribution < -0.4 is 17.5 Å². The molecule has 0 atom stereocenters. The smallest absolute Gasteiger partial charge is 1.00 e. The van der Waals surface area contributed by atoms with Crippen molar-refractivity contribution in [1.29, 1.82) is 0 Å². The minimum atomic E-state index is -1.08. The van der Waals surface area contributed by atoms with Crippen LogP contribution in [-0.2, 0) is 38.9 Å². The first-order valence-corrected chi connectivity index (χ1v) is 0.908. The molecule has 0 rings (SSSR count). The van der Waals surface area contributed by atoms with E-state index < -0.39 is 5.97 Å². The third-order valence-electron chi connectivity index (χ3n) is 0. The maximum atomic E-state index is 8.89. The second-order valence-corrected chi connectivity index (χ2v) is 0.492. The van der Waals surface area contributed by atoms with Gasteiger partial charge in [-0.3, -0.25) is 0 Å². The molecule has 0 aliphatic heterocycles. The van der Waals surface area contributed by atoms with Crippen molar-refractivity contribution in [2.45, 2.75) is 6.92 Å². The van der Waals surface area contributed by atoms with Gasteiger partial charge >= 0.3 is 34.1 Å². The van der Waals surface area contributed by atoms with E-state index in [4.69, 9.17) is 9.90 Å². The van der Waals surface area contributed by atoms with Gasteiger partial charge in [0.2, 0.25) is 0 Å². The van der Waals surface area contributed by atoms with Crippen LogP contribution in [-0.4, -0.2) is 5.97 Å². The van der Waals surface area contributed by atoms with Gasteiger partial charge in [-0.05, 0) is 6.92 Å². The Kier molecular flexibility index (Phi) is 56.5. The summed E-state index contributed by atoms with van der Waals surface area (Å²) in [5, 5.41) is 8.89. The minimum Gasteiger partial charge on any atom is -1.00 e. The van der Waals surface area contributed by atoms with E-state index >= 15 is 0 Å². The standard InChI is InChI=1S/C2H4O2.ClH.2Cu/c1-2(3)4;;;/h1H3,(H,3,4);1H;;/q;;+1;+2/p-2. The molecule has 0 aromatic heterocycles. The van der Waals surface area contributed by atoms with E-state index in [1.807, 2.05) is 0 Å². The molecule has 0 heterocycles. The third kappa shape index (κ3) is 245. The zero-order valence-electron chi connectivity index (χ0n) is 3.30. The number of aliphatic carboxylic acids is 1. The average molecular weight is 222 g/mol. The maximum absolute atomic E-state index is 8.89. The van der Waals surface area contributed by atoms with Gasteiger partial charge in [-0.15, -0.1) is 0 Å². The van der Waals surface area contributed by atoms with Gasteiger partial charge in [-0.1, -0.05) is 0 Å². The number of carbonyl (C=O) groups is 1. The van der Waals surface area contributed by atoms with Gasteiger partial charge in [-0.2, -0.15) is 0 Å². The Morgan fingerprint density at radius 2 is 1.57 bits per heavy atom. The van der Waals surface area contributed by atoms with E-state index in [0.717, 1.165) is 6.92 Å². The second kappa shape index (κ2) is 15.8. The molecule has 0 bridgehead atoms. The van der Waals surface area contributed by atoms with Crippen LogP contribution in [0.2, 0.25) is 0 Å². The molecule has 7 heavy (non-hydrogen) atoms. The van der Waals surface area contributed by atoms with Crippen molar-refractivity contribution in [3.63, 3.8) is 0 Å². The molecule has 0 spiro atoms. The van der Waals surface area contributed by atoms with E-state index in [1.165, 1.54) is 0 Å². The largest absolute Gasteiger partial charge is 2.00 e. The quantitative estimate of drug-likeness (QED) is 0.389. The predicted molar refractivity (Wildman–Crippen MR) is 10.7 cm³/mol. The molecule has 0 aromatic carbocycles. The number of hydrogen-bond donors (Lipinski definition) is 0. The van der Waals surface area contributed by atoms with Gasteiger partial charge in [0, 0.05) is 5.97 Å². The molecule has 5 heteroatoms. The van der Waals surface area contributed by atoms with Crippen molar-refractivity contribution in [3.05, 3.63) is 0 Å². The number of rotatable bonds is 0. The summed E-state index contributed by atoms with van der Waals surface area (Å²) in [6.45, 7) is 0.972. The predicted octanol–water partition coefficient (Wildman–Crippen LogP) is -4.24. The van der Waals surface area contributed by atoms with Crippen LogP contribution in [0.15, 0.2) is 0 Å². The normalized spacial score (nSPS) is 3.57. The van der Waals surface area contributed by atoms with E-state index in [-0.39, 0.29) is 46.5 Å². The van der Waals surface area contributed by atoms with Gasteiger partial charge in [0.15, 0.2) is 0 Å². The number of carboxylic acids is 1. The third-order valence-corrected chi connectivity index (χ3v) is 0. The Bertz CT molecular complexity index is 36.7. The van der Waals surface area contributed by atoms with Crippen molar-refractivity contribution < 1.29 is 56.4 Å². The molecule has 2 nitrogen and oxygen atoms in total. The molecular weight excluding hydrogens is 219 g/mol. The molecule has 1 radical (unpaired) electrons. The van der Waals surface area contributed by atoms with E-state index in [2.05, 4.69) is 0 Å². The van der Waals surface area contributed by atoms with Gasteiger partial charge in [0.25, 0.3) is 0 Å². The van der Waals surface area contributed by atoms with Gasteiger partial charge in [-0.25, -0.2) is 0 Å². The first kappa shape index (κ1) is 25.0. The summed E-state index contributed by atoms with van der Waals surface area (Å²) in [7, 11) is 0. The summed E-state index contributed by atoms with van der Waals surface area (Å²) in [6, 6.07) is 0. The SMILES string of the molecule is CC(=O)[O-].[Cl-].[Cu+2].[Cu+]. The van der Waals surface area contributed by atoms with Gasteiger partial charge in [0.05, 0.1) is 0 Å². The van der Waals surface area contributed by atoms with E-state index in [0.29, 0.717) is 0 Å². The minimum absolute atomic E-state index is 0. The Morgan fingerprint density at radius 1 is 1.57 bits per heavy atom. The summed E-state index contributed by atoms with van der Waals surface area (Å²) < 4.78 is 0. The van der Waals surface area contributed by atoms with Crippen LogP contribution in [0.25, 0.3) is 0 Å². The molecule has 0 aliphatic rings. The van der Waals surface area contributed by atoms with Gasteiger partial charge < -0.3 is 22.3 Å². The maximum Gasteiger partial charge on any atom is 2.00 e. The zero-order valence-corrected chi connectivity index (χ0v) is 5.94. The summed E-state index contributed by atoms with van der Waals surface area (Å²) in [5.41, 5.74) is 0. The molecule has 0 aliphatic carbocycles. The zero-order chi connectivity index (χ0) is 3.58. The van der Waals surface area contributed by atoms with Crippen molar-refractivity contribution in [2.24, 2.45) is 0 Å². The number of carboxylic acid groups (broad SMARTS) is 1. The molecule has 0 aromatic rings. The molecule has 0 N–H and O–H groups in total.